The molecule has 0 saturated carbocycles. The molecular weight excluding hydrogens is 354 g/mol. The van der Waals surface area contributed by atoms with E-state index in [1.165, 1.54) is 46.6 Å². The fraction of sp³-hybridized carbons (Fsp3) is 0.385. The molecule has 24 heavy (non-hydrogen) atoms. The highest BCUT2D eigenvalue weighted by molar-refractivity contribution is 7.94. The third kappa shape index (κ3) is 3.01. The van der Waals surface area contributed by atoms with Gasteiger partial charge in [-0.1, -0.05) is 12.1 Å². The molecule has 11 heteroatoms. The number of hydrogen-bond donors (Lipinski definition) is 1. The second-order valence-electron chi connectivity index (χ2n) is 5.37. The van der Waals surface area contributed by atoms with Gasteiger partial charge in [0.1, 0.15) is 16.1 Å². The van der Waals surface area contributed by atoms with Crippen molar-refractivity contribution in [1.82, 2.24) is 19.1 Å². The Bertz CT molecular complexity index is 946. The molecule has 1 N–H and O–H groups in total. The second kappa shape index (κ2) is 6.15. The van der Waals surface area contributed by atoms with Crippen LogP contribution < -0.4 is 4.72 Å². The average molecular weight is 371 g/mol. The second-order valence-corrected chi connectivity index (χ2v) is 8.93. The lowest BCUT2D eigenvalue weighted by atomic mass is 10.4. The average Bonchev–Trinajstić information content (AvgIpc) is 3.20. The number of hydrogen-bond acceptors (Lipinski definition) is 6. The maximum atomic E-state index is 12.8. The summed E-state index contributed by atoms with van der Waals surface area (Å²) in [4.78, 5) is 3.26. The first kappa shape index (κ1) is 16.9. The third-order valence-electron chi connectivity index (χ3n) is 3.76. The summed E-state index contributed by atoms with van der Waals surface area (Å²) in [5.74, 6) is 0.00312. The minimum absolute atomic E-state index is 0.00312. The van der Waals surface area contributed by atoms with Crippen LogP contribution in [0.1, 0.15) is 12.8 Å². The first-order valence-corrected chi connectivity index (χ1v) is 10.2. The molecule has 0 unspecified atom stereocenters. The lowest BCUT2D eigenvalue weighted by Crippen LogP contribution is -2.30. The van der Waals surface area contributed by atoms with Crippen molar-refractivity contribution in [2.24, 2.45) is 7.05 Å². The third-order valence-corrected chi connectivity index (χ3v) is 7.23. The molecule has 3 rings (SSSR count). The summed E-state index contributed by atoms with van der Waals surface area (Å²) in [7, 11) is -6.47. The minimum Gasteiger partial charge on any atom is -0.247 e. The molecule has 0 aliphatic carbocycles. The number of benzene rings is 1. The molecule has 0 atom stereocenters. The predicted octanol–water partition coefficient (Wildman–Crippen LogP) is 0.400. The zero-order chi connectivity index (χ0) is 17.4. The van der Waals surface area contributed by atoms with Crippen LogP contribution in [0.5, 0.6) is 0 Å². The van der Waals surface area contributed by atoms with Gasteiger partial charge in [-0.2, -0.15) is 14.4 Å². The van der Waals surface area contributed by atoms with Crippen LogP contribution in [-0.2, 0) is 27.1 Å². The quantitative estimate of drug-likeness (QED) is 0.814. The molecule has 130 valence electrons. The van der Waals surface area contributed by atoms with Gasteiger partial charge < -0.3 is 0 Å². The summed E-state index contributed by atoms with van der Waals surface area (Å²) >= 11 is 0. The van der Waals surface area contributed by atoms with E-state index in [4.69, 9.17) is 0 Å². The van der Waals surface area contributed by atoms with Crippen LogP contribution in [0.2, 0.25) is 0 Å². The van der Waals surface area contributed by atoms with Crippen LogP contribution in [0.3, 0.4) is 0 Å². The van der Waals surface area contributed by atoms with Gasteiger partial charge in [-0.3, -0.25) is 0 Å². The lowest BCUT2D eigenvalue weighted by Gasteiger charge is -2.18. The first-order chi connectivity index (χ1) is 11.3. The van der Waals surface area contributed by atoms with E-state index in [2.05, 4.69) is 14.8 Å². The zero-order valence-electron chi connectivity index (χ0n) is 13.0. The Balaban J connectivity index is 2.04. The van der Waals surface area contributed by atoms with Gasteiger partial charge in [-0.25, -0.2) is 26.2 Å². The SMILES string of the molecule is Cn1ncnc1NS(=O)(=O)c1ccccc1S(=O)(=O)N1CCCC1. The summed E-state index contributed by atoms with van der Waals surface area (Å²) in [6, 6.07) is 5.55. The Labute approximate surface area is 140 Å². The van der Waals surface area contributed by atoms with E-state index >= 15 is 0 Å². The van der Waals surface area contributed by atoms with Crippen LogP contribution in [-0.4, -0.2) is 49.0 Å². The highest BCUT2D eigenvalue weighted by atomic mass is 32.2. The van der Waals surface area contributed by atoms with Crippen LogP contribution in [0.4, 0.5) is 5.95 Å². The van der Waals surface area contributed by atoms with Crippen molar-refractivity contribution >= 4 is 26.0 Å². The summed E-state index contributed by atoms with van der Waals surface area (Å²) in [5.41, 5.74) is 0. The van der Waals surface area contributed by atoms with E-state index in [0.717, 1.165) is 12.8 Å². The van der Waals surface area contributed by atoms with Crippen molar-refractivity contribution in [2.75, 3.05) is 17.8 Å². The maximum absolute atomic E-state index is 12.8. The highest BCUT2D eigenvalue weighted by Gasteiger charge is 2.33. The monoisotopic (exact) mass is 371 g/mol. The van der Waals surface area contributed by atoms with Crippen LogP contribution in [0.15, 0.2) is 40.4 Å². The Kier molecular flexibility index (Phi) is 4.32. The number of anilines is 1. The van der Waals surface area contributed by atoms with Gasteiger partial charge in [0.2, 0.25) is 16.0 Å². The number of sulfonamides is 2. The number of rotatable bonds is 5. The van der Waals surface area contributed by atoms with Gasteiger partial charge in [-0.15, -0.1) is 0 Å². The maximum Gasteiger partial charge on any atom is 0.265 e. The van der Waals surface area contributed by atoms with Gasteiger partial charge in [0.25, 0.3) is 10.0 Å². The van der Waals surface area contributed by atoms with Gasteiger partial charge in [0, 0.05) is 20.1 Å². The Hall–Kier alpha value is -1.98. The van der Waals surface area contributed by atoms with Crippen molar-refractivity contribution in [3.05, 3.63) is 30.6 Å². The van der Waals surface area contributed by atoms with E-state index in [9.17, 15) is 16.8 Å². The summed E-state index contributed by atoms with van der Waals surface area (Å²) in [6.45, 7) is 0.793. The van der Waals surface area contributed by atoms with Gasteiger partial charge >= 0.3 is 0 Å². The van der Waals surface area contributed by atoms with E-state index in [1.807, 2.05) is 0 Å². The van der Waals surface area contributed by atoms with Crippen LogP contribution in [0, 0.1) is 0 Å². The van der Waals surface area contributed by atoms with Crippen molar-refractivity contribution < 1.29 is 16.8 Å². The molecule has 0 radical (unpaired) electrons. The number of aromatic nitrogens is 3. The summed E-state index contributed by atoms with van der Waals surface area (Å²) < 4.78 is 55.7. The summed E-state index contributed by atoms with van der Waals surface area (Å²) in [5, 5.41) is 3.78. The smallest absolute Gasteiger partial charge is 0.247 e. The summed E-state index contributed by atoms with van der Waals surface area (Å²) in [6.07, 6.45) is 2.74. The molecule has 2 aromatic rings. The highest BCUT2D eigenvalue weighted by Crippen LogP contribution is 2.27. The molecule has 2 heterocycles. The molecule has 9 nitrogen and oxygen atoms in total. The number of nitrogens with one attached hydrogen (secondary N) is 1. The van der Waals surface area contributed by atoms with E-state index in [1.54, 1.807) is 0 Å². The fourth-order valence-electron chi connectivity index (χ4n) is 2.52. The van der Waals surface area contributed by atoms with Gasteiger partial charge in [0.05, 0.1) is 0 Å². The van der Waals surface area contributed by atoms with Gasteiger partial charge in [-0.05, 0) is 25.0 Å². The van der Waals surface area contributed by atoms with Crippen molar-refractivity contribution in [1.29, 1.82) is 0 Å². The first-order valence-electron chi connectivity index (χ1n) is 7.28. The zero-order valence-corrected chi connectivity index (χ0v) is 14.6. The fourth-order valence-corrected chi connectivity index (χ4v) is 5.88. The van der Waals surface area contributed by atoms with Gasteiger partial charge in [0.15, 0.2) is 0 Å². The molecule has 0 amide bonds. The molecule has 1 saturated heterocycles. The van der Waals surface area contributed by atoms with E-state index < -0.39 is 20.0 Å². The van der Waals surface area contributed by atoms with Crippen molar-refractivity contribution in [3.8, 4) is 0 Å². The molecule has 1 aromatic heterocycles. The minimum atomic E-state index is -4.13. The molecular formula is C13H17N5O4S2. The van der Waals surface area contributed by atoms with Crippen molar-refractivity contribution in [3.63, 3.8) is 0 Å². The number of nitrogens with zero attached hydrogens (tertiary/aromatic N) is 4. The standard InChI is InChI=1S/C13H17N5O4S2/c1-17-13(14-10-15-17)16-23(19,20)11-6-2-3-7-12(11)24(21,22)18-8-4-5-9-18/h2-3,6-7,10H,4-5,8-9H2,1H3,(H,14,15,16). The molecule has 0 bridgehead atoms. The van der Waals surface area contributed by atoms with Crippen molar-refractivity contribution in [2.45, 2.75) is 22.6 Å². The lowest BCUT2D eigenvalue weighted by molar-refractivity contribution is 0.475. The number of aryl methyl sites for hydroxylation is 1. The largest absolute Gasteiger partial charge is 0.265 e. The molecule has 1 aromatic carbocycles. The van der Waals surface area contributed by atoms with E-state index in [-0.39, 0.29) is 15.7 Å². The topological polar surface area (TPSA) is 114 Å². The molecule has 1 aliphatic rings. The molecule has 1 aliphatic heterocycles. The predicted molar refractivity (Wildman–Crippen MR) is 86.2 cm³/mol. The Morgan fingerprint density at radius 3 is 2.25 bits per heavy atom. The molecule has 0 spiro atoms. The van der Waals surface area contributed by atoms with Crippen LogP contribution in [0.25, 0.3) is 0 Å². The normalized spacial score (nSPS) is 16.4. The van der Waals surface area contributed by atoms with E-state index in [0.29, 0.717) is 13.1 Å². The van der Waals surface area contributed by atoms with Crippen LogP contribution >= 0.6 is 0 Å². The molecule has 1 fully saturated rings. The Morgan fingerprint density at radius 2 is 1.67 bits per heavy atom. The Morgan fingerprint density at radius 1 is 1.04 bits per heavy atom.